The molecule has 0 aliphatic rings. The first kappa shape index (κ1) is 19.3. The van der Waals surface area contributed by atoms with Gasteiger partial charge in [-0.1, -0.05) is 0 Å². The molecule has 0 bridgehead atoms. The summed E-state index contributed by atoms with van der Waals surface area (Å²) in [6, 6.07) is 0. The zero-order valence-electron chi connectivity index (χ0n) is 13.2. The SMILES string of the molecule is CCOC(=O)C(C)(CCCN(C)CCS(C)(=O)=O)NC. The van der Waals surface area contributed by atoms with Gasteiger partial charge in [0.2, 0.25) is 0 Å². The molecule has 0 spiro atoms. The van der Waals surface area contributed by atoms with Crippen molar-refractivity contribution in [2.75, 3.05) is 45.8 Å². The van der Waals surface area contributed by atoms with Crippen LogP contribution in [-0.4, -0.2) is 70.6 Å². The molecule has 0 aliphatic carbocycles. The quantitative estimate of drug-likeness (QED) is 0.584. The summed E-state index contributed by atoms with van der Waals surface area (Å²) in [5, 5.41) is 3.00. The molecule has 0 aromatic rings. The number of hydrogen-bond donors (Lipinski definition) is 1. The van der Waals surface area contributed by atoms with E-state index in [2.05, 4.69) is 5.32 Å². The van der Waals surface area contributed by atoms with Crippen LogP contribution in [0.3, 0.4) is 0 Å². The Balaban J connectivity index is 4.16. The Labute approximate surface area is 122 Å². The molecule has 0 heterocycles. The summed E-state index contributed by atoms with van der Waals surface area (Å²) >= 11 is 0. The van der Waals surface area contributed by atoms with Gasteiger partial charge in [-0.25, -0.2) is 8.42 Å². The lowest BCUT2D eigenvalue weighted by molar-refractivity contribution is -0.150. The molecule has 0 aromatic carbocycles. The van der Waals surface area contributed by atoms with E-state index in [1.807, 2.05) is 18.9 Å². The molecule has 0 aromatic heterocycles. The van der Waals surface area contributed by atoms with E-state index < -0.39 is 15.4 Å². The Morgan fingerprint density at radius 1 is 1.35 bits per heavy atom. The van der Waals surface area contributed by atoms with Gasteiger partial charge in [0.05, 0.1) is 12.4 Å². The second-order valence-corrected chi connectivity index (χ2v) is 7.60. The van der Waals surface area contributed by atoms with Crippen LogP contribution in [0.5, 0.6) is 0 Å². The fraction of sp³-hybridized carbons (Fsp3) is 0.923. The third-order valence-electron chi connectivity index (χ3n) is 3.34. The van der Waals surface area contributed by atoms with Crippen molar-refractivity contribution in [2.45, 2.75) is 32.2 Å². The molecule has 0 radical (unpaired) electrons. The van der Waals surface area contributed by atoms with Gasteiger partial charge in [0.15, 0.2) is 0 Å². The molecule has 0 amide bonds. The van der Waals surface area contributed by atoms with Crippen LogP contribution in [0.2, 0.25) is 0 Å². The molecule has 120 valence electrons. The van der Waals surface area contributed by atoms with Gasteiger partial charge < -0.3 is 15.0 Å². The van der Waals surface area contributed by atoms with E-state index >= 15 is 0 Å². The zero-order valence-corrected chi connectivity index (χ0v) is 14.0. The van der Waals surface area contributed by atoms with Crippen molar-refractivity contribution in [1.82, 2.24) is 10.2 Å². The molecule has 1 atom stereocenters. The Morgan fingerprint density at radius 2 is 1.95 bits per heavy atom. The van der Waals surface area contributed by atoms with Crippen LogP contribution in [0.4, 0.5) is 0 Å². The molecule has 0 saturated carbocycles. The van der Waals surface area contributed by atoms with Crippen molar-refractivity contribution in [1.29, 1.82) is 0 Å². The number of ether oxygens (including phenoxy) is 1. The van der Waals surface area contributed by atoms with Crippen LogP contribution in [0, 0.1) is 0 Å². The highest BCUT2D eigenvalue weighted by molar-refractivity contribution is 7.90. The number of hydrogen-bond acceptors (Lipinski definition) is 6. The van der Waals surface area contributed by atoms with E-state index in [4.69, 9.17) is 4.74 Å². The third-order valence-corrected chi connectivity index (χ3v) is 4.26. The van der Waals surface area contributed by atoms with E-state index in [-0.39, 0.29) is 11.7 Å². The van der Waals surface area contributed by atoms with Gasteiger partial charge >= 0.3 is 5.97 Å². The summed E-state index contributed by atoms with van der Waals surface area (Å²) < 4.78 is 27.2. The third kappa shape index (κ3) is 7.81. The normalized spacial score (nSPS) is 15.1. The van der Waals surface area contributed by atoms with Crippen molar-refractivity contribution in [3.63, 3.8) is 0 Å². The second-order valence-electron chi connectivity index (χ2n) is 5.34. The molecule has 0 aliphatic heterocycles. The maximum absolute atomic E-state index is 11.9. The second kappa shape index (κ2) is 8.59. The van der Waals surface area contributed by atoms with Gasteiger partial charge in [0.25, 0.3) is 0 Å². The summed E-state index contributed by atoms with van der Waals surface area (Å²) in [5.74, 6) is -0.0914. The van der Waals surface area contributed by atoms with E-state index in [1.54, 1.807) is 14.0 Å². The predicted octanol–water partition coefficient (Wildman–Crippen LogP) is 0.284. The molecular formula is C13H28N2O4S. The largest absolute Gasteiger partial charge is 0.465 e. The van der Waals surface area contributed by atoms with Crippen molar-refractivity contribution in [2.24, 2.45) is 0 Å². The standard InChI is InChI=1S/C13H28N2O4S/c1-6-19-12(16)13(2,14-3)8-7-9-15(4)10-11-20(5,17)18/h14H,6-11H2,1-5H3. The lowest BCUT2D eigenvalue weighted by Gasteiger charge is -2.27. The molecule has 0 saturated heterocycles. The number of esters is 1. The van der Waals surface area contributed by atoms with Crippen molar-refractivity contribution in [3.05, 3.63) is 0 Å². The van der Waals surface area contributed by atoms with Crippen LogP contribution in [-0.2, 0) is 19.4 Å². The van der Waals surface area contributed by atoms with Crippen LogP contribution < -0.4 is 5.32 Å². The summed E-state index contributed by atoms with van der Waals surface area (Å²) in [5.41, 5.74) is -0.687. The highest BCUT2D eigenvalue weighted by atomic mass is 32.2. The first-order valence-electron chi connectivity index (χ1n) is 6.87. The zero-order chi connectivity index (χ0) is 15.8. The van der Waals surface area contributed by atoms with Gasteiger partial charge in [-0.05, 0) is 47.3 Å². The molecule has 1 unspecified atom stereocenters. The van der Waals surface area contributed by atoms with Crippen molar-refractivity contribution >= 4 is 15.8 Å². The maximum Gasteiger partial charge on any atom is 0.326 e. The minimum atomic E-state index is -2.93. The average molecular weight is 308 g/mol. The average Bonchev–Trinajstić information content (AvgIpc) is 2.35. The number of sulfone groups is 1. The maximum atomic E-state index is 11.9. The van der Waals surface area contributed by atoms with E-state index in [1.165, 1.54) is 6.26 Å². The lowest BCUT2D eigenvalue weighted by Crippen LogP contribution is -2.49. The molecule has 0 fully saturated rings. The molecule has 0 rings (SSSR count). The van der Waals surface area contributed by atoms with E-state index in [9.17, 15) is 13.2 Å². The van der Waals surface area contributed by atoms with Gasteiger partial charge in [-0.2, -0.15) is 0 Å². The highest BCUT2D eigenvalue weighted by Gasteiger charge is 2.32. The molecule has 7 heteroatoms. The number of rotatable bonds is 10. The Hall–Kier alpha value is -0.660. The summed E-state index contributed by atoms with van der Waals surface area (Å²) in [7, 11) is 0.695. The minimum absolute atomic E-state index is 0.157. The molecular weight excluding hydrogens is 280 g/mol. The predicted molar refractivity (Wildman–Crippen MR) is 80.5 cm³/mol. The molecule has 20 heavy (non-hydrogen) atoms. The van der Waals surface area contributed by atoms with Crippen molar-refractivity contribution < 1.29 is 17.9 Å². The topological polar surface area (TPSA) is 75.7 Å². The first-order valence-corrected chi connectivity index (χ1v) is 8.93. The highest BCUT2D eigenvalue weighted by Crippen LogP contribution is 2.14. The molecule has 6 nitrogen and oxygen atoms in total. The Kier molecular flexibility index (Phi) is 8.30. The number of nitrogens with one attached hydrogen (secondary N) is 1. The van der Waals surface area contributed by atoms with Crippen LogP contribution >= 0.6 is 0 Å². The smallest absolute Gasteiger partial charge is 0.326 e. The summed E-state index contributed by atoms with van der Waals surface area (Å²) in [6.45, 7) is 5.22. The van der Waals surface area contributed by atoms with Crippen LogP contribution in [0.1, 0.15) is 26.7 Å². The van der Waals surface area contributed by atoms with Gasteiger partial charge in [0, 0.05) is 12.8 Å². The van der Waals surface area contributed by atoms with Crippen molar-refractivity contribution in [3.8, 4) is 0 Å². The fourth-order valence-electron chi connectivity index (χ4n) is 1.76. The Morgan fingerprint density at radius 3 is 2.40 bits per heavy atom. The molecule has 1 N–H and O–H groups in total. The van der Waals surface area contributed by atoms with Gasteiger partial charge in [-0.15, -0.1) is 0 Å². The van der Waals surface area contributed by atoms with Gasteiger partial charge in [0.1, 0.15) is 15.4 Å². The summed E-state index contributed by atoms with van der Waals surface area (Å²) in [6.07, 6.45) is 2.67. The van der Waals surface area contributed by atoms with E-state index in [0.717, 1.165) is 13.0 Å². The fourth-order valence-corrected chi connectivity index (χ4v) is 2.40. The number of carbonyl (C=O) groups excluding carboxylic acids is 1. The number of nitrogens with zero attached hydrogens (tertiary/aromatic N) is 1. The van der Waals surface area contributed by atoms with Crippen LogP contribution in [0.15, 0.2) is 0 Å². The lowest BCUT2D eigenvalue weighted by atomic mass is 9.96. The number of carbonyl (C=O) groups is 1. The van der Waals surface area contributed by atoms with Crippen LogP contribution in [0.25, 0.3) is 0 Å². The Bertz CT molecular complexity index is 397. The summed E-state index contributed by atoms with van der Waals surface area (Å²) in [4.78, 5) is 13.8. The number of likely N-dealkylation sites (N-methyl/N-ethyl adjacent to an activating group) is 1. The van der Waals surface area contributed by atoms with E-state index in [0.29, 0.717) is 19.6 Å². The minimum Gasteiger partial charge on any atom is -0.465 e. The monoisotopic (exact) mass is 308 g/mol. The first-order chi connectivity index (χ1) is 9.14. The van der Waals surface area contributed by atoms with Gasteiger partial charge in [-0.3, -0.25) is 4.79 Å².